The summed E-state index contributed by atoms with van der Waals surface area (Å²) in [4.78, 5) is 5.14. The summed E-state index contributed by atoms with van der Waals surface area (Å²) in [6, 6.07) is 0.749. The van der Waals surface area contributed by atoms with Crippen molar-refractivity contribution in [3.8, 4) is 0 Å². The summed E-state index contributed by atoms with van der Waals surface area (Å²) in [7, 11) is 4.59. The summed E-state index contributed by atoms with van der Waals surface area (Å²) in [5.41, 5.74) is 6.53. The van der Waals surface area contributed by atoms with Gasteiger partial charge in [-0.25, -0.2) is 0 Å². The van der Waals surface area contributed by atoms with Crippen LogP contribution < -0.4 is 5.73 Å². The van der Waals surface area contributed by atoms with Gasteiger partial charge in [-0.2, -0.15) is 0 Å². The van der Waals surface area contributed by atoms with Crippen molar-refractivity contribution in [2.75, 3.05) is 33.7 Å². The van der Waals surface area contributed by atoms with Gasteiger partial charge < -0.3 is 10.6 Å². The van der Waals surface area contributed by atoms with Gasteiger partial charge in [-0.3, -0.25) is 4.90 Å². The van der Waals surface area contributed by atoms with E-state index >= 15 is 0 Å². The van der Waals surface area contributed by atoms with Crippen LogP contribution in [0, 0.1) is 0 Å². The number of rotatable bonds is 3. The zero-order valence-electron chi connectivity index (χ0n) is 13.0. The lowest BCUT2D eigenvalue weighted by atomic mass is 9.81. The van der Waals surface area contributed by atoms with Crippen LogP contribution in [0.2, 0.25) is 0 Å². The second-order valence-electron chi connectivity index (χ2n) is 6.84. The number of piperidine rings is 1. The fourth-order valence-electron chi connectivity index (χ4n) is 4.03. The van der Waals surface area contributed by atoms with Gasteiger partial charge >= 0.3 is 0 Å². The molecule has 2 fully saturated rings. The maximum Gasteiger partial charge on any atom is 0.0331 e. The van der Waals surface area contributed by atoms with Gasteiger partial charge in [0.2, 0.25) is 0 Å². The third-order valence-electron chi connectivity index (χ3n) is 5.65. The zero-order chi connectivity index (χ0) is 13.7. The molecule has 0 aromatic rings. The van der Waals surface area contributed by atoms with Crippen LogP contribution in [0.25, 0.3) is 0 Å². The normalized spacial score (nSPS) is 27.2. The lowest BCUT2D eigenvalue weighted by Crippen LogP contribution is -2.58. The Hall–Kier alpha value is -0.120. The van der Waals surface area contributed by atoms with Gasteiger partial charge in [0.15, 0.2) is 0 Å². The van der Waals surface area contributed by atoms with Gasteiger partial charge in [0.05, 0.1) is 0 Å². The highest BCUT2D eigenvalue weighted by molar-refractivity contribution is 4.95. The molecule has 1 aliphatic carbocycles. The minimum atomic E-state index is 0.293. The molecule has 0 atom stereocenters. The Bertz CT molecular complexity index is 251. The Morgan fingerprint density at radius 3 is 2.11 bits per heavy atom. The largest absolute Gasteiger partial charge is 0.329 e. The topological polar surface area (TPSA) is 32.5 Å². The third-order valence-corrected chi connectivity index (χ3v) is 5.65. The summed E-state index contributed by atoms with van der Waals surface area (Å²) < 4.78 is 0. The van der Waals surface area contributed by atoms with E-state index in [1.54, 1.807) is 0 Å². The van der Waals surface area contributed by atoms with Gasteiger partial charge in [0.1, 0.15) is 0 Å². The van der Waals surface area contributed by atoms with Gasteiger partial charge in [-0.1, -0.05) is 32.1 Å². The van der Waals surface area contributed by atoms with Crippen LogP contribution in [0.5, 0.6) is 0 Å². The smallest absolute Gasteiger partial charge is 0.0331 e. The first-order valence-electron chi connectivity index (χ1n) is 8.29. The molecule has 3 nitrogen and oxygen atoms in total. The molecule has 0 unspecified atom stereocenters. The van der Waals surface area contributed by atoms with Crippen molar-refractivity contribution in [2.24, 2.45) is 5.73 Å². The predicted molar refractivity (Wildman–Crippen MR) is 82.4 cm³/mol. The number of likely N-dealkylation sites (tertiary alicyclic amines) is 1. The van der Waals surface area contributed by atoms with Gasteiger partial charge in [-0.05, 0) is 52.9 Å². The second kappa shape index (κ2) is 7.05. The summed E-state index contributed by atoms with van der Waals surface area (Å²) in [5.74, 6) is 0. The maximum atomic E-state index is 6.24. The molecule has 0 spiro atoms. The molecule has 2 N–H and O–H groups in total. The van der Waals surface area contributed by atoms with Crippen LogP contribution in [0.1, 0.15) is 57.8 Å². The van der Waals surface area contributed by atoms with Crippen LogP contribution in [0.3, 0.4) is 0 Å². The molecule has 112 valence electrons. The molecule has 1 saturated carbocycles. The van der Waals surface area contributed by atoms with Crippen LogP contribution in [0.15, 0.2) is 0 Å². The first kappa shape index (κ1) is 15.3. The van der Waals surface area contributed by atoms with Crippen LogP contribution in [-0.2, 0) is 0 Å². The highest BCUT2D eigenvalue weighted by Crippen LogP contribution is 2.33. The Morgan fingerprint density at radius 2 is 1.58 bits per heavy atom. The van der Waals surface area contributed by atoms with Gasteiger partial charge in [-0.15, -0.1) is 0 Å². The molecule has 19 heavy (non-hydrogen) atoms. The molecule has 2 aliphatic rings. The molecular formula is C16H33N3. The monoisotopic (exact) mass is 267 g/mol. The molecular weight excluding hydrogens is 234 g/mol. The van der Waals surface area contributed by atoms with E-state index in [4.69, 9.17) is 5.73 Å². The van der Waals surface area contributed by atoms with E-state index in [1.165, 1.54) is 70.9 Å². The second-order valence-corrected chi connectivity index (χ2v) is 6.84. The number of hydrogen-bond donors (Lipinski definition) is 1. The van der Waals surface area contributed by atoms with Gasteiger partial charge in [0, 0.05) is 18.1 Å². The Morgan fingerprint density at radius 1 is 1.05 bits per heavy atom. The molecule has 0 amide bonds. The van der Waals surface area contributed by atoms with Crippen molar-refractivity contribution >= 4 is 0 Å². The van der Waals surface area contributed by atoms with Crippen LogP contribution in [-0.4, -0.2) is 55.1 Å². The molecule has 1 saturated heterocycles. The number of nitrogens with two attached hydrogens (primary N) is 1. The lowest BCUT2D eigenvalue weighted by Gasteiger charge is -2.48. The first-order valence-corrected chi connectivity index (χ1v) is 8.29. The summed E-state index contributed by atoms with van der Waals surface area (Å²) in [6.07, 6.45) is 12.2. The molecule has 1 heterocycles. The highest BCUT2D eigenvalue weighted by Gasteiger charge is 2.37. The molecule has 0 bridgehead atoms. The van der Waals surface area contributed by atoms with E-state index in [2.05, 4.69) is 23.9 Å². The molecule has 1 aliphatic heterocycles. The molecule has 0 aromatic carbocycles. The minimum absolute atomic E-state index is 0.293. The van der Waals surface area contributed by atoms with Crippen molar-refractivity contribution in [1.29, 1.82) is 0 Å². The Balaban J connectivity index is 2.01. The number of hydrogen-bond acceptors (Lipinski definition) is 3. The third kappa shape index (κ3) is 3.71. The Labute approximate surface area is 119 Å². The quantitative estimate of drug-likeness (QED) is 0.852. The van der Waals surface area contributed by atoms with E-state index in [-0.39, 0.29) is 0 Å². The van der Waals surface area contributed by atoms with E-state index < -0.39 is 0 Å². The van der Waals surface area contributed by atoms with E-state index in [1.807, 2.05) is 0 Å². The fourth-order valence-corrected chi connectivity index (χ4v) is 4.03. The molecule has 0 radical (unpaired) electrons. The van der Waals surface area contributed by atoms with Crippen LogP contribution >= 0.6 is 0 Å². The lowest BCUT2D eigenvalue weighted by molar-refractivity contribution is 0.0255. The molecule has 3 heteroatoms. The van der Waals surface area contributed by atoms with Crippen LogP contribution in [0.4, 0.5) is 0 Å². The standard InChI is InChI=1S/C16H33N3/c1-18-12-8-15(9-13-18)19(2)16(14-17)10-6-4-3-5-7-11-16/h15H,3-14,17H2,1-2H3. The van der Waals surface area contributed by atoms with Gasteiger partial charge in [0.25, 0.3) is 0 Å². The minimum Gasteiger partial charge on any atom is -0.329 e. The van der Waals surface area contributed by atoms with E-state index in [0.29, 0.717) is 5.54 Å². The Kier molecular flexibility index (Phi) is 5.67. The zero-order valence-corrected chi connectivity index (χ0v) is 13.0. The van der Waals surface area contributed by atoms with Crippen molar-refractivity contribution < 1.29 is 0 Å². The molecule has 2 rings (SSSR count). The summed E-state index contributed by atoms with van der Waals surface area (Å²) in [6.45, 7) is 3.33. The molecule has 0 aromatic heterocycles. The fraction of sp³-hybridized carbons (Fsp3) is 1.00. The van der Waals surface area contributed by atoms with Crippen molar-refractivity contribution in [3.05, 3.63) is 0 Å². The van der Waals surface area contributed by atoms with Crippen molar-refractivity contribution in [2.45, 2.75) is 69.4 Å². The number of nitrogens with zero attached hydrogens (tertiary/aromatic N) is 2. The number of likely N-dealkylation sites (N-methyl/N-ethyl adjacent to an activating group) is 1. The average Bonchev–Trinajstić information content (AvgIpc) is 2.39. The summed E-state index contributed by atoms with van der Waals surface area (Å²) >= 11 is 0. The van der Waals surface area contributed by atoms with Crippen molar-refractivity contribution in [3.63, 3.8) is 0 Å². The maximum absolute atomic E-state index is 6.24. The highest BCUT2D eigenvalue weighted by atomic mass is 15.2. The average molecular weight is 267 g/mol. The summed E-state index contributed by atoms with van der Waals surface area (Å²) in [5, 5.41) is 0. The first-order chi connectivity index (χ1) is 9.18. The SMILES string of the molecule is CN1CCC(N(C)C2(CN)CCCCCCC2)CC1. The van der Waals surface area contributed by atoms with E-state index in [0.717, 1.165) is 12.6 Å². The van der Waals surface area contributed by atoms with E-state index in [9.17, 15) is 0 Å². The van der Waals surface area contributed by atoms with Crippen molar-refractivity contribution in [1.82, 2.24) is 9.80 Å². The predicted octanol–water partition coefficient (Wildman–Crippen LogP) is 2.45.